The van der Waals surface area contributed by atoms with Gasteiger partial charge < -0.3 is 5.73 Å². The van der Waals surface area contributed by atoms with Gasteiger partial charge in [0, 0.05) is 0 Å². The summed E-state index contributed by atoms with van der Waals surface area (Å²) in [5, 5.41) is 0. The van der Waals surface area contributed by atoms with Crippen LogP contribution < -0.4 is 10.5 Å². The number of nitrogens with one attached hydrogen (secondary N) is 1. The summed E-state index contributed by atoms with van der Waals surface area (Å²) in [5.41, 5.74) is 5.49. The summed E-state index contributed by atoms with van der Waals surface area (Å²) in [4.78, 5) is 0.257. The zero-order valence-electron chi connectivity index (χ0n) is 8.19. The topological polar surface area (TPSA) is 72.2 Å². The number of hydrogen-bond donors (Lipinski definition) is 2. The molecule has 6 heteroatoms. The SMILES string of the molecule is CCCS(=O)(=O)NC(C(N)=S)C1CC1. The van der Waals surface area contributed by atoms with Gasteiger partial charge in [0.1, 0.15) is 0 Å². The third-order valence-corrected chi connectivity index (χ3v) is 3.99. The number of rotatable bonds is 6. The van der Waals surface area contributed by atoms with Crippen LogP contribution in [-0.4, -0.2) is 25.2 Å². The molecule has 1 fully saturated rings. The van der Waals surface area contributed by atoms with Gasteiger partial charge in [-0.15, -0.1) is 0 Å². The second-order valence-corrected chi connectivity index (χ2v) is 6.00. The maximum Gasteiger partial charge on any atom is 0.212 e. The summed E-state index contributed by atoms with van der Waals surface area (Å²) in [5.74, 6) is 0.456. The maximum absolute atomic E-state index is 11.5. The second-order valence-electron chi connectivity index (χ2n) is 3.65. The molecule has 3 N–H and O–H groups in total. The summed E-state index contributed by atoms with van der Waals surface area (Å²) in [7, 11) is -3.20. The first-order chi connectivity index (χ1) is 6.46. The fraction of sp³-hybridized carbons (Fsp3) is 0.875. The van der Waals surface area contributed by atoms with Crippen molar-refractivity contribution in [2.45, 2.75) is 32.2 Å². The van der Waals surface area contributed by atoms with Crippen LogP contribution in [0.15, 0.2) is 0 Å². The smallest absolute Gasteiger partial charge is 0.212 e. The molecule has 0 spiro atoms. The van der Waals surface area contributed by atoms with E-state index in [1.807, 2.05) is 6.92 Å². The van der Waals surface area contributed by atoms with Gasteiger partial charge in [-0.1, -0.05) is 19.1 Å². The van der Waals surface area contributed by atoms with Crippen LogP contribution in [0.4, 0.5) is 0 Å². The second kappa shape index (κ2) is 4.55. The van der Waals surface area contributed by atoms with Gasteiger partial charge in [0.05, 0.1) is 16.8 Å². The van der Waals surface area contributed by atoms with E-state index < -0.39 is 10.0 Å². The molecule has 0 heterocycles. The van der Waals surface area contributed by atoms with Crippen LogP contribution >= 0.6 is 12.2 Å². The van der Waals surface area contributed by atoms with E-state index in [1.54, 1.807) is 0 Å². The number of hydrogen-bond acceptors (Lipinski definition) is 3. The molecule has 0 saturated heterocycles. The quantitative estimate of drug-likeness (QED) is 0.654. The zero-order valence-corrected chi connectivity index (χ0v) is 9.83. The molecule has 82 valence electrons. The molecule has 1 rings (SSSR count). The van der Waals surface area contributed by atoms with Crippen molar-refractivity contribution in [3.05, 3.63) is 0 Å². The van der Waals surface area contributed by atoms with Gasteiger partial charge >= 0.3 is 0 Å². The molecule has 4 nitrogen and oxygen atoms in total. The number of nitrogens with two attached hydrogens (primary N) is 1. The molecule has 0 aromatic carbocycles. The third kappa shape index (κ3) is 3.51. The molecular formula is C8H16N2O2S2. The molecule has 0 amide bonds. The minimum absolute atomic E-state index is 0.138. The lowest BCUT2D eigenvalue weighted by molar-refractivity contribution is 0.563. The van der Waals surface area contributed by atoms with Gasteiger partial charge in [0.15, 0.2) is 0 Å². The first-order valence-corrected chi connectivity index (χ1v) is 6.81. The molecule has 0 radical (unpaired) electrons. The van der Waals surface area contributed by atoms with Gasteiger partial charge in [0.2, 0.25) is 10.0 Å². The van der Waals surface area contributed by atoms with E-state index in [0.29, 0.717) is 12.3 Å². The van der Waals surface area contributed by atoms with E-state index in [1.165, 1.54) is 0 Å². The molecule has 0 bridgehead atoms. The van der Waals surface area contributed by atoms with Crippen LogP contribution in [0.5, 0.6) is 0 Å². The Hall–Kier alpha value is -0.200. The van der Waals surface area contributed by atoms with Crippen LogP contribution in [-0.2, 0) is 10.0 Å². The Bertz CT molecular complexity index is 309. The fourth-order valence-electron chi connectivity index (χ4n) is 1.34. The van der Waals surface area contributed by atoms with Crippen LogP contribution in [0.1, 0.15) is 26.2 Å². The number of sulfonamides is 1. The fourth-order valence-corrected chi connectivity index (χ4v) is 3.02. The minimum Gasteiger partial charge on any atom is -0.392 e. The van der Waals surface area contributed by atoms with Gasteiger partial charge in [-0.2, -0.15) is 0 Å². The van der Waals surface area contributed by atoms with Crippen molar-refractivity contribution in [3.8, 4) is 0 Å². The standard InChI is InChI=1S/C8H16N2O2S2/c1-2-5-14(11,12)10-7(8(9)13)6-3-4-6/h6-7,10H,2-5H2,1H3,(H2,9,13). The molecule has 1 aliphatic rings. The molecule has 1 saturated carbocycles. The Kier molecular flexibility index (Phi) is 3.86. The van der Waals surface area contributed by atoms with Crippen molar-refractivity contribution in [2.75, 3.05) is 5.75 Å². The highest BCUT2D eigenvalue weighted by Crippen LogP contribution is 2.33. The van der Waals surface area contributed by atoms with E-state index in [2.05, 4.69) is 4.72 Å². The molecule has 1 aliphatic carbocycles. The molecule has 1 unspecified atom stereocenters. The van der Waals surface area contributed by atoms with Crippen LogP contribution in [0, 0.1) is 5.92 Å². The van der Waals surface area contributed by atoms with E-state index in [4.69, 9.17) is 18.0 Å². The summed E-state index contributed by atoms with van der Waals surface area (Å²) in [6.45, 7) is 1.83. The van der Waals surface area contributed by atoms with E-state index in [0.717, 1.165) is 12.8 Å². The Morgan fingerprint density at radius 1 is 1.64 bits per heavy atom. The summed E-state index contributed by atoms with van der Waals surface area (Å²) in [6, 6.07) is -0.332. The van der Waals surface area contributed by atoms with Crippen molar-refractivity contribution >= 4 is 27.2 Å². The normalized spacial score (nSPS) is 19.2. The largest absolute Gasteiger partial charge is 0.392 e. The summed E-state index contributed by atoms with van der Waals surface area (Å²) >= 11 is 4.84. The molecule has 0 aromatic rings. The molecular weight excluding hydrogens is 220 g/mol. The zero-order chi connectivity index (χ0) is 10.8. The van der Waals surface area contributed by atoms with E-state index in [9.17, 15) is 8.42 Å². The number of thiocarbonyl (C=S) groups is 1. The predicted molar refractivity (Wildman–Crippen MR) is 60.5 cm³/mol. The molecule has 1 atom stereocenters. The van der Waals surface area contributed by atoms with Crippen LogP contribution in [0.3, 0.4) is 0 Å². The first-order valence-electron chi connectivity index (χ1n) is 4.75. The van der Waals surface area contributed by atoms with Crippen molar-refractivity contribution < 1.29 is 8.42 Å². The van der Waals surface area contributed by atoms with Crippen LogP contribution in [0.2, 0.25) is 0 Å². The molecule has 14 heavy (non-hydrogen) atoms. The Balaban J connectivity index is 2.59. The maximum atomic E-state index is 11.5. The monoisotopic (exact) mass is 236 g/mol. The average Bonchev–Trinajstić information content (AvgIpc) is 2.82. The van der Waals surface area contributed by atoms with Crippen molar-refractivity contribution in [3.63, 3.8) is 0 Å². The lowest BCUT2D eigenvalue weighted by Gasteiger charge is -2.16. The minimum atomic E-state index is -3.20. The molecule has 0 aliphatic heterocycles. The van der Waals surface area contributed by atoms with Gasteiger partial charge in [-0.3, -0.25) is 0 Å². The van der Waals surface area contributed by atoms with Crippen molar-refractivity contribution in [2.24, 2.45) is 11.7 Å². The first kappa shape index (κ1) is 11.9. The van der Waals surface area contributed by atoms with E-state index in [-0.39, 0.29) is 16.8 Å². The Morgan fingerprint density at radius 2 is 2.21 bits per heavy atom. The van der Waals surface area contributed by atoms with Gasteiger partial charge in [0.25, 0.3) is 0 Å². The highest BCUT2D eigenvalue weighted by Gasteiger charge is 2.35. The van der Waals surface area contributed by atoms with Crippen LogP contribution in [0.25, 0.3) is 0 Å². The Morgan fingerprint density at radius 3 is 2.57 bits per heavy atom. The predicted octanol–water partition coefficient (Wildman–Crippen LogP) is 0.380. The van der Waals surface area contributed by atoms with Crippen molar-refractivity contribution in [1.82, 2.24) is 4.72 Å². The lowest BCUT2D eigenvalue weighted by atomic mass is 10.2. The lowest BCUT2D eigenvalue weighted by Crippen LogP contribution is -2.45. The summed E-state index contributed by atoms with van der Waals surface area (Å²) in [6.07, 6.45) is 2.62. The Labute approximate surface area is 90.3 Å². The van der Waals surface area contributed by atoms with Gasteiger partial charge in [-0.05, 0) is 25.2 Å². The van der Waals surface area contributed by atoms with E-state index >= 15 is 0 Å². The molecule has 0 aromatic heterocycles. The van der Waals surface area contributed by atoms with Gasteiger partial charge in [-0.25, -0.2) is 13.1 Å². The highest BCUT2D eigenvalue weighted by atomic mass is 32.2. The third-order valence-electron chi connectivity index (χ3n) is 2.18. The highest BCUT2D eigenvalue weighted by molar-refractivity contribution is 7.89. The van der Waals surface area contributed by atoms with Crippen molar-refractivity contribution in [1.29, 1.82) is 0 Å². The summed E-state index contributed by atoms with van der Waals surface area (Å²) < 4.78 is 25.5. The average molecular weight is 236 g/mol.